The molecule has 1 atom stereocenters. The molecule has 1 aliphatic heterocycles. The summed E-state index contributed by atoms with van der Waals surface area (Å²) in [6.07, 6.45) is 2.34. The van der Waals surface area contributed by atoms with Crippen LogP contribution in [-0.4, -0.2) is 36.7 Å². The van der Waals surface area contributed by atoms with Crippen molar-refractivity contribution < 1.29 is 9.13 Å². The monoisotopic (exact) mass is 296 g/mol. The van der Waals surface area contributed by atoms with E-state index in [2.05, 4.69) is 11.9 Å². The molecule has 0 radical (unpaired) electrons. The van der Waals surface area contributed by atoms with E-state index < -0.39 is 0 Å². The summed E-state index contributed by atoms with van der Waals surface area (Å²) in [5, 5.41) is 0. The van der Waals surface area contributed by atoms with Crippen LogP contribution in [0.1, 0.15) is 24.0 Å². The number of hydrogen-bond donors (Lipinski definition) is 1. The first-order valence-corrected chi connectivity index (χ1v) is 7.31. The first-order valence-electron chi connectivity index (χ1n) is 6.91. The smallest absolute Gasteiger partial charge is 0.123 e. The second-order valence-electron chi connectivity index (χ2n) is 5.45. The second-order valence-corrected chi connectivity index (χ2v) is 5.89. The lowest BCUT2D eigenvalue weighted by Crippen LogP contribution is -2.31. The van der Waals surface area contributed by atoms with Crippen molar-refractivity contribution in [2.75, 3.05) is 26.8 Å². The molecular formula is C15H21FN2OS. The van der Waals surface area contributed by atoms with Gasteiger partial charge in [-0.25, -0.2) is 4.39 Å². The zero-order valence-electron chi connectivity index (χ0n) is 11.8. The van der Waals surface area contributed by atoms with Crippen molar-refractivity contribution >= 4 is 17.2 Å². The third kappa shape index (κ3) is 4.23. The number of ether oxygens (including phenoxy) is 1. The number of thiocarbonyl (C=S) groups is 1. The minimum Gasteiger partial charge on any atom is -0.389 e. The van der Waals surface area contributed by atoms with Crippen molar-refractivity contribution in [2.45, 2.75) is 19.4 Å². The Morgan fingerprint density at radius 2 is 2.35 bits per heavy atom. The molecule has 1 saturated heterocycles. The minimum absolute atomic E-state index is 0.244. The van der Waals surface area contributed by atoms with Gasteiger partial charge in [0.2, 0.25) is 0 Å². The summed E-state index contributed by atoms with van der Waals surface area (Å²) >= 11 is 5.00. The fourth-order valence-corrected chi connectivity index (χ4v) is 2.85. The Morgan fingerprint density at radius 3 is 3.00 bits per heavy atom. The van der Waals surface area contributed by atoms with E-state index in [1.54, 1.807) is 6.07 Å². The van der Waals surface area contributed by atoms with Gasteiger partial charge in [0.25, 0.3) is 0 Å². The number of hydrogen-bond acceptors (Lipinski definition) is 3. The van der Waals surface area contributed by atoms with Crippen LogP contribution in [0.3, 0.4) is 0 Å². The van der Waals surface area contributed by atoms with Crippen LogP contribution in [0.2, 0.25) is 0 Å². The summed E-state index contributed by atoms with van der Waals surface area (Å²) in [7, 11) is 2.06. The first kappa shape index (κ1) is 15.4. The van der Waals surface area contributed by atoms with Gasteiger partial charge >= 0.3 is 0 Å². The third-order valence-electron chi connectivity index (χ3n) is 3.60. The largest absolute Gasteiger partial charge is 0.389 e. The van der Waals surface area contributed by atoms with Gasteiger partial charge in [-0.3, -0.25) is 0 Å². The van der Waals surface area contributed by atoms with E-state index >= 15 is 0 Å². The van der Waals surface area contributed by atoms with Crippen LogP contribution in [0.4, 0.5) is 4.39 Å². The van der Waals surface area contributed by atoms with Crippen LogP contribution in [0.25, 0.3) is 0 Å². The van der Waals surface area contributed by atoms with E-state index in [0.29, 0.717) is 18.0 Å². The average Bonchev–Trinajstić information content (AvgIpc) is 2.41. The van der Waals surface area contributed by atoms with E-state index in [4.69, 9.17) is 22.7 Å². The highest BCUT2D eigenvalue weighted by molar-refractivity contribution is 7.80. The lowest BCUT2D eigenvalue weighted by atomic mass is 10.0. The molecule has 110 valence electrons. The van der Waals surface area contributed by atoms with Gasteiger partial charge in [-0.2, -0.15) is 0 Å². The summed E-state index contributed by atoms with van der Waals surface area (Å²) < 4.78 is 18.8. The van der Waals surface area contributed by atoms with Crippen molar-refractivity contribution in [3.63, 3.8) is 0 Å². The van der Waals surface area contributed by atoms with Crippen molar-refractivity contribution in [1.82, 2.24) is 4.90 Å². The van der Waals surface area contributed by atoms with Crippen LogP contribution >= 0.6 is 12.2 Å². The third-order valence-corrected chi connectivity index (χ3v) is 3.82. The quantitative estimate of drug-likeness (QED) is 0.846. The highest BCUT2D eigenvalue weighted by atomic mass is 32.1. The van der Waals surface area contributed by atoms with E-state index in [0.717, 1.165) is 31.7 Å². The first-order chi connectivity index (χ1) is 9.56. The number of halogens is 1. The van der Waals surface area contributed by atoms with Crippen LogP contribution in [0.5, 0.6) is 0 Å². The molecule has 2 N–H and O–H groups in total. The molecule has 1 aromatic rings. The molecule has 0 amide bonds. The minimum atomic E-state index is -0.306. The Labute approximate surface area is 124 Å². The summed E-state index contributed by atoms with van der Waals surface area (Å²) in [5.74, 6) is 0.266. The standard InChI is InChI=1S/C15H21FN2OS/c1-18(8-11-3-2-6-19-10-11)9-12-4-5-13(16)7-14(12)15(17)20/h4-5,7,11H,2-3,6,8-10H2,1H3,(H2,17,20). The van der Waals surface area contributed by atoms with E-state index in [1.165, 1.54) is 18.6 Å². The van der Waals surface area contributed by atoms with E-state index in [-0.39, 0.29) is 10.8 Å². The summed E-state index contributed by atoms with van der Waals surface area (Å²) in [4.78, 5) is 2.46. The highest BCUT2D eigenvalue weighted by Crippen LogP contribution is 2.17. The number of rotatable bonds is 5. The Hall–Kier alpha value is -1.04. The van der Waals surface area contributed by atoms with E-state index in [1.807, 2.05) is 0 Å². The predicted molar refractivity (Wildman–Crippen MR) is 82.2 cm³/mol. The molecule has 1 aromatic carbocycles. The Morgan fingerprint density at radius 1 is 1.55 bits per heavy atom. The zero-order chi connectivity index (χ0) is 14.5. The number of benzene rings is 1. The molecule has 1 aliphatic rings. The fourth-order valence-electron chi connectivity index (χ4n) is 2.66. The number of nitrogens with two attached hydrogens (primary N) is 1. The summed E-state index contributed by atoms with van der Waals surface area (Å²) in [5.41, 5.74) is 7.27. The van der Waals surface area contributed by atoms with Gasteiger partial charge in [-0.15, -0.1) is 0 Å². The molecule has 0 aliphatic carbocycles. The van der Waals surface area contributed by atoms with Gasteiger partial charge in [0.15, 0.2) is 0 Å². The molecule has 20 heavy (non-hydrogen) atoms. The van der Waals surface area contributed by atoms with Crippen LogP contribution in [0.15, 0.2) is 18.2 Å². The Kier molecular flexibility index (Phi) is 5.46. The van der Waals surface area contributed by atoms with Crippen LogP contribution in [0, 0.1) is 11.7 Å². The van der Waals surface area contributed by atoms with Crippen molar-refractivity contribution in [3.8, 4) is 0 Å². The average molecular weight is 296 g/mol. The fraction of sp³-hybridized carbons (Fsp3) is 0.533. The molecule has 0 saturated carbocycles. The normalized spacial score (nSPS) is 19.2. The van der Waals surface area contributed by atoms with Gasteiger partial charge in [0.1, 0.15) is 10.8 Å². The van der Waals surface area contributed by atoms with Gasteiger partial charge in [-0.05, 0) is 43.5 Å². The SMILES string of the molecule is CN(Cc1ccc(F)cc1C(N)=S)CC1CCCOC1. The molecule has 1 heterocycles. The lowest BCUT2D eigenvalue weighted by molar-refractivity contribution is 0.0411. The molecule has 0 aromatic heterocycles. The molecule has 0 spiro atoms. The molecule has 1 unspecified atom stereocenters. The molecule has 1 fully saturated rings. The highest BCUT2D eigenvalue weighted by Gasteiger charge is 2.17. The van der Waals surface area contributed by atoms with Crippen LogP contribution in [-0.2, 0) is 11.3 Å². The van der Waals surface area contributed by atoms with Crippen LogP contribution < -0.4 is 5.73 Å². The van der Waals surface area contributed by atoms with Crippen molar-refractivity contribution in [1.29, 1.82) is 0 Å². The van der Waals surface area contributed by atoms with Gasteiger partial charge in [0.05, 0.1) is 6.61 Å². The molecule has 5 heteroatoms. The summed E-state index contributed by atoms with van der Waals surface area (Å²) in [6, 6.07) is 4.63. The van der Waals surface area contributed by atoms with Crippen molar-refractivity contribution in [3.05, 3.63) is 35.1 Å². The lowest BCUT2D eigenvalue weighted by Gasteiger charge is -2.27. The zero-order valence-corrected chi connectivity index (χ0v) is 12.6. The maximum Gasteiger partial charge on any atom is 0.123 e. The molecule has 3 nitrogen and oxygen atoms in total. The van der Waals surface area contributed by atoms with E-state index in [9.17, 15) is 4.39 Å². The van der Waals surface area contributed by atoms with Crippen molar-refractivity contribution in [2.24, 2.45) is 11.7 Å². The molecule has 0 bridgehead atoms. The topological polar surface area (TPSA) is 38.5 Å². The van der Waals surface area contributed by atoms with Gasteiger partial charge in [-0.1, -0.05) is 18.3 Å². The Balaban J connectivity index is 1.99. The number of nitrogens with zero attached hydrogens (tertiary/aromatic N) is 1. The second kappa shape index (κ2) is 7.11. The van der Waals surface area contributed by atoms with Gasteiger partial charge in [0, 0.05) is 25.3 Å². The molecular weight excluding hydrogens is 275 g/mol. The Bertz CT molecular complexity index is 475. The van der Waals surface area contributed by atoms with Gasteiger partial charge < -0.3 is 15.4 Å². The maximum atomic E-state index is 13.3. The maximum absolute atomic E-state index is 13.3. The summed E-state index contributed by atoms with van der Waals surface area (Å²) in [6.45, 7) is 3.39. The molecule has 2 rings (SSSR count). The predicted octanol–water partition coefficient (Wildman–Crippen LogP) is 2.32.